The Labute approximate surface area is 112 Å². The third-order valence-electron chi connectivity index (χ3n) is 2.00. The molecule has 0 aliphatic rings. The van der Waals surface area contributed by atoms with E-state index in [1.165, 1.54) is 0 Å². The maximum absolute atomic E-state index is 11.3. The van der Waals surface area contributed by atoms with E-state index in [0.717, 1.165) is 0 Å². The largest absolute Gasteiger partial charge is 0.464 e. The van der Waals surface area contributed by atoms with E-state index in [-0.39, 0.29) is 19.6 Å². The fourth-order valence-electron chi connectivity index (χ4n) is 1.18. The molecule has 0 radical (unpaired) electrons. The summed E-state index contributed by atoms with van der Waals surface area (Å²) in [5.41, 5.74) is -0.604. The molecule has 0 rings (SSSR count). The Balaban J connectivity index is 3.94. The first-order chi connectivity index (χ1) is 8.67. The average Bonchev–Trinajstić information content (AvgIpc) is 2.25. The first kappa shape index (κ1) is 17.7. The van der Waals surface area contributed by atoms with Crippen molar-refractivity contribution in [3.63, 3.8) is 0 Å². The molecule has 7 nitrogen and oxygen atoms in total. The molecule has 7 heteroatoms. The minimum Gasteiger partial charge on any atom is -0.464 e. The molecular formula is C12H23NO6. The van der Waals surface area contributed by atoms with Gasteiger partial charge in [0.25, 0.3) is 0 Å². The molecule has 0 aromatic rings. The monoisotopic (exact) mass is 277 g/mol. The minimum atomic E-state index is -1.61. The second-order valence-corrected chi connectivity index (χ2v) is 4.98. The number of aliphatic hydroxyl groups is 2. The topological polar surface area (TPSA) is 105 Å². The van der Waals surface area contributed by atoms with Crippen LogP contribution in [0.3, 0.4) is 0 Å². The molecule has 1 amide bonds. The highest BCUT2D eigenvalue weighted by Gasteiger charge is 2.25. The molecule has 0 aromatic heterocycles. The lowest BCUT2D eigenvalue weighted by Gasteiger charge is -2.20. The molecule has 0 aliphatic heterocycles. The quantitative estimate of drug-likeness (QED) is 0.598. The van der Waals surface area contributed by atoms with Crippen molar-refractivity contribution in [1.82, 2.24) is 5.32 Å². The molecule has 3 N–H and O–H groups in total. The molecule has 0 bridgehead atoms. The average molecular weight is 277 g/mol. The zero-order chi connectivity index (χ0) is 15.1. The Morgan fingerprint density at radius 2 is 1.84 bits per heavy atom. The summed E-state index contributed by atoms with van der Waals surface area (Å²) < 4.78 is 9.54. The van der Waals surface area contributed by atoms with E-state index in [0.29, 0.717) is 0 Å². The van der Waals surface area contributed by atoms with E-state index in [2.05, 4.69) is 10.1 Å². The van der Waals surface area contributed by atoms with Gasteiger partial charge in [0.1, 0.15) is 5.60 Å². The molecule has 0 saturated carbocycles. The highest BCUT2D eigenvalue weighted by atomic mass is 16.6. The van der Waals surface area contributed by atoms with Gasteiger partial charge in [-0.05, 0) is 34.1 Å². The highest BCUT2D eigenvalue weighted by molar-refractivity contribution is 5.75. The van der Waals surface area contributed by atoms with Gasteiger partial charge in [-0.2, -0.15) is 0 Å². The van der Waals surface area contributed by atoms with Gasteiger partial charge < -0.3 is 25.0 Å². The van der Waals surface area contributed by atoms with E-state index in [4.69, 9.17) is 4.74 Å². The van der Waals surface area contributed by atoms with E-state index in [9.17, 15) is 19.8 Å². The van der Waals surface area contributed by atoms with Crippen LogP contribution in [0.4, 0.5) is 4.79 Å². The van der Waals surface area contributed by atoms with Crippen LogP contribution in [0.15, 0.2) is 0 Å². The van der Waals surface area contributed by atoms with Crippen molar-refractivity contribution in [2.75, 3.05) is 13.2 Å². The van der Waals surface area contributed by atoms with Crippen LogP contribution in [0.25, 0.3) is 0 Å². The predicted molar refractivity (Wildman–Crippen MR) is 67.5 cm³/mol. The van der Waals surface area contributed by atoms with Crippen molar-refractivity contribution in [3.8, 4) is 0 Å². The van der Waals surface area contributed by atoms with E-state index >= 15 is 0 Å². The summed E-state index contributed by atoms with van der Waals surface area (Å²) in [4.78, 5) is 22.4. The van der Waals surface area contributed by atoms with Crippen LogP contribution in [-0.4, -0.2) is 53.2 Å². The molecule has 0 spiro atoms. The van der Waals surface area contributed by atoms with Crippen LogP contribution in [0.2, 0.25) is 0 Å². The van der Waals surface area contributed by atoms with Gasteiger partial charge in [0.05, 0.1) is 12.7 Å². The first-order valence-corrected chi connectivity index (χ1v) is 6.17. The van der Waals surface area contributed by atoms with Gasteiger partial charge in [0, 0.05) is 6.54 Å². The number of carbonyl (C=O) groups is 2. The van der Waals surface area contributed by atoms with Crippen LogP contribution < -0.4 is 5.32 Å². The Morgan fingerprint density at radius 3 is 2.32 bits per heavy atom. The number of nitrogens with one attached hydrogen (secondary N) is 1. The number of carbonyl (C=O) groups excluding carboxylic acids is 2. The van der Waals surface area contributed by atoms with Crippen molar-refractivity contribution in [2.45, 2.75) is 51.9 Å². The number of esters is 1. The molecule has 19 heavy (non-hydrogen) atoms. The van der Waals surface area contributed by atoms with Gasteiger partial charge in [-0.15, -0.1) is 0 Å². The Bertz CT molecular complexity index is 299. The number of aliphatic hydroxyl groups excluding tert-OH is 2. The van der Waals surface area contributed by atoms with Crippen LogP contribution in [0.5, 0.6) is 0 Å². The standard InChI is InChI=1S/C12H23NO6/c1-5-18-10(16)9(15)8(14)6-7-13-11(17)19-12(2,3)4/h8-9,14-15H,5-7H2,1-4H3,(H,13,17)/t8-,9+/m1/s1. The lowest BCUT2D eigenvalue weighted by Crippen LogP contribution is -2.39. The molecule has 0 fully saturated rings. The van der Waals surface area contributed by atoms with Gasteiger partial charge >= 0.3 is 12.1 Å². The molecule has 0 unspecified atom stereocenters. The summed E-state index contributed by atoms with van der Waals surface area (Å²) in [6.45, 7) is 6.98. The van der Waals surface area contributed by atoms with Crippen molar-refractivity contribution in [3.05, 3.63) is 0 Å². The summed E-state index contributed by atoms with van der Waals surface area (Å²) >= 11 is 0. The summed E-state index contributed by atoms with van der Waals surface area (Å²) in [6.07, 6.45) is -3.51. The summed E-state index contributed by atoms with van der Waals surface area (Å²) in [7, 11) is 0. The number of rotatable bonds is 6. The Hall–Kier alpha value is -1.34. The molecule has 112 valence electrons. The minimum absolute atomic E-state index is 0.0131. The smallest absolute Gasteiger partial charge is 0.407 e. The van der Waals surface area contributed by atoms with Crippen molar-refractivity contribution >= 4 is 12.1 Å². The third-order valence-corrected chi connectivity index (χ3v) is 2.00. The lowest BCUT2D eigenvalue weighted by molar-refractivity contribution is -0.159. The van der Waals surface area contributed by atoms with Crippen LogP contribution in [-0.2, 0) is 14.3 Å². The lowest BCUT2D eigenvalue weighted by atomic mass is 10.1. The Kier molecular flexibility index (Phi) is 7.40. The summed E-state index contributed by atoms with van der Waals surface area (Å²) in [5.74, 6) is -0.882. The summed E-state index contributed by atoms with van der Waals surface area (Å²) in [6, 6.07) is 0. The van der Waals surface area contributed by atoms with Gasteiger partial charge in [-0.3, -0.25) is 0 Å². The zero-order valence-corrected chi connectivity index (χ0v) is 11.8. The molecule has 0 heterocycles. The van der Waals surface area contributed by atoms with Crippen molar-refractivity contribution in [1.29, 1.82) is 0 Å². The molecule has 2 atom stereocenters. The van der Waals surface area contributed by atoms with Gasteiger partial charge in [0.15, 0.2) is 6.10 Å². The van der Waals surface area contributed by atoms with Crippen LogP contribution in [0, 0.1) is 0 Å². The van der Waals surface area contributed by atoms with Crippen LogP contribution >= 0.6 is 0 Å². The first-order valence-electron chi connectivity index (χ1n) is 6.17. The number of alkyl carbamates (subject to hydrolysis) is 1. The van der Waals surface area contributed by atoms with Crippen molar-refractivity contribution in [2.24, 2.45) is 0 Å². The van der Waals surface area contributed by atoms with E-state index in [1.54, 1.807) is 27.7 Å². The maximum atomic E-state index is 11.3. The van der Waals surface area contributed by atoms with Crippen LogP contribution in [0.1, 0.15) is 34.1 Å². The normalized spacial score (nSPS) is 14.4. The number of amides is 1. The molecular weight excluding hydrogens is 254 g/mol. The fraction of sp³-hybridized carbons (Fsp3) is 0.833. The number of hydrogen-bond acceptors (Lipinski definition) is 6. The molecule has 0 aromatic carbocycles. The fourth-order valence-corrected chi connectivity index (χ4v) is 1.18. The second-order valence-electron chi connectivity index (χ2n) is 4.98. The molecule has 0 aliphatic carbocycles. The van der Waals surface area contributed by atoms with Gasteiger partial charge in [-0.1, -0.05) is 0 Å². The highest BCUT2D eigenvalue weighted by Crippen LogP contribution is 2.06. The third kappa shape index (κ3) is 8.39. The zero-order valence-electron chi connectivity index (χ0n) is 11.8. The number of hydrogen-bond donors (Lipinski definition) is 3. The molecule has 0 saturated heterocycles. The predicted octanol–water partition coefficient (Wildman–Crippen LogP) is 0.186. The SMILES string of the molecule is CCOC(=O)[C@@H](O)[C@H](O)CCNC(=O)OC(C)(C)C. The maximum Gasteiger partial charge on any atom is 0.407 e. The van der Waals surface area contributed by atoms with Gasteiger partial charge in [0.2, 0.25) is 0 Å². The van der Waals surface area contributed by atoms with Crippen molar-refractivity contribution < 1.29 is 29.3 Å². The van der Waals surface area contributed by atoms with Gasteiger partial charge in [-0.25, -0.2) is 9.59 Å². The van der Waals surface area contributed by atoms with E-state index in [1.807, 2.05) is 0 Å². The van der Waals surface area contributed by atoms with E-state index < -0.39 is 29.9 Å². The number of ether oxygens (including phenoxy) is 2. The second kappa shape index (κ2) is 7.96. The Morgan fingerprint density at radius 1 is 1.26 bits per heavy atom. The summed E-state index contributed by atoms with van der Waals surface area (Å²) in [5, 5.41) is 21.3.